The van der Waals surface area contributed by atoms with E-state index in [4.69, 9.17) is 4.74 Å². The summed E-state index contributed by atoms with van der Waals surface area (Å²) in [6, 6.07) is 12.2. The third-order valence-corrected chi connectivity index (χ3v) is 6.66. The number of hydrogen-bond acceptors (Lipinski definition) is 5. The van der Waals surface area contributed by atoms with Crippen molar-refractivity contribution >= 4 is 32.7 Å². The van der Waals surface area contributed by atoms with Crippen LogP contribution in [0.5, 0.6) is 0 Å². The molecule has 1 aliphatic carbocycles. The Hall–Kier alpha value is -2.45. The molecule has 1 fully saturated rings. The summed E-state index contributed by atoms with van der Waals surface area (Å²) in [4.78, 5) is 23.9. The third-order valence-electron chi connectivity index (χ3n) is 5.26. The van der Waals surface area contributed by atoms with Gasteiger partial charge in [-0.25, -0.2) is 8.42 Å². The van der Waals surface area contributed by atoms with E-state index >= 15 is 0 Å². The van der Waals surface area contributed by atoms with E-state index < -0.39 is 29.1 Å². The Balaban J connectivity index is 1.48. The minimum Gasteiger partial charge on any atom is -0.455 e. The Kier molecular flexibility index (Phi) is 6.87. The first kappa shape index (κ1) is 21.3. The molecular formula is C21H26N2O5S. The molecule has 1 amide bonds. The van der Waals surface area contributed by atoms with Crippen molar-refractivity contribution in [1.82, 2.24) is 10.0 Å². The number of hydrogen-bond donors (Lipinski definition) is 2. The first-order valence-electron chi connectivity index (χ1n) is 9.78. The summed E-state index contributed by atoms with van der Waals surface area (Å²) >= 11 is 0. The van der Waals surface area contributed by atoms with Crippen molar-refractivity contribution in [3.05, 3.63) is 42.5 Å². The van der Waals surface area contributed by atoms with Gasteiger partial charge in [0.25, 0.3) is 5.91 Å². The van der Waals surface area contributed by atoms with Crippen molar-refractivity contribution in [2.24, 2.45) is 5.92 Å². The van der Waals surface area contributed by atoms with E-state index in [1.807, 2.05) is 24.3 Å². The first-order valence-corrected chi connectivity index (χ1v) is 11.3. The molecular weight excluding hydrogens is 392 g/mol. The Bertz CT molecular complexity index is 989. The predicted molar refractivity (Wildman–Crippen MR) is 110 cm³/mol. The molecule has 29 heavy (non-hydrogen) atoms. The van der Waals surface area contributed by atoms with Gasteiger partial charge in [-0.3, -0.25) is 9.59 Å². The fourth-order valence-electron chi connectivity index (χ4n) is 3.55. The molecule has 0 saturated heterocycles. The van der Waals surface area contributed by atoms with Crippen LogP contribution in [0.4, 0.5) is 0 Å². The van der Waals surface area contributed by atoms with Crippen LogP contribution in [-0.4, -0.2) is 39.5 Å². The van der Waals surface area contributed by atoms with E-state index in [2.05, 4.69) is 17.0 Å². The highest BCUT2D eigenvalue weighted by atomic mass is 32.2. The number of ether oxygens (including phenoxy) is 1. The van der Waals surface area contributed by atoms with Crippen LogP contribution in [0.3, 0.4) is 0 Å². The van der Waals surface area contributed by atoms with E-state index in [0.29, 0.717) is 5.92 Å². The van der Waals surface area contributed by atoms with E-state index in [1.165, 1.54) is 12.5 Å². The lowest BCUT2D eigenvalue weighted by atomic mass is 9.86. The zero-order chi connectivity index (χ0) is 20.9. The van der Waals surface area contributed by atoms with E-state index in [-0.39, 0.29) is 16.8 Å². The summed E-state index contributed by atoms with van der Waals surface area (Å²) in [5.74, 6) is -0.771. The highest BCUT2D eigenvalue weighted by molar-refractivity contribution is 7.89. The monoisotopic (exact) mass is 418 g/mol. The van der Waals surface area contributed by atoms with Gasteiger partial charge in [0.15, 0.2) is 6.61 Å². The first-order chi connectivity index (χ1) is 13.8. The van der Waals surface area contributed by atoms with Crippen LogP contribution in [0.1, 0.15) is 32.6 Å². The van der Waals surface area contributed by atoms with Crippen molar-refractivity contribution in [3.63, 3.8) is 0 Å². The molecule has 7 nitrogen and oxygen atoms in total. The minimum atomic E-state index is -3.87. The molecule has 0 aliphatic heterocycles. The van der Waals surface area contributed by atoms with E-state index in [0.717, 1.165) is 30.0 Å². The molecule has 1 saturated carbocycles. The van der Waals surface area contributed by atoms with E-state index in [1.54, 1.807) is 12.1 Å². The van der Waals surface area contributed by atoms with Gasteiger partial charge in [-0.2, -0.15) is 4.72 Å². The Morgan fingerprint density at radius 2 is 1.79 bits per heavy atom. The van der Waals surface area contributed by atoms with Crippen molar-refractivity contribution in [1.29, 1.82) is 0 Å². The lowest BCUT2D eigenvalue weighted by Gasteiger charge is -2.29. The molecule has 0 radical (unpaired) electrons. The van der Waals surface area contributed by atoms with Gasteiger partial charge in [-0.15, -0.1) is 0 Å². The average Bonchev–Trinajstić information content (AvgIpc) is 2.72. The number of amides is 1. The number of benzene rings is 2. The zero-order valence-corrected chi connectivity index (χ0v) is 17.2. The molecule has 0 heterocycles. The molecule has 8 heteroatoms. The highest BCUT2D eigenvalue weighted by Gasteiger charge is 2.23. The Labute approximate surface area is 170 Å². The quantitative estimate of drug-likeness (QED) is 0.672. The summed E-state index contributed by atoms with van der Waals surface area (Å²) < 4.78 is 32.0. The number of sulfonamides is 1. The topological polar surface area (TPSA) is 102 Å². The highest BCUT2D eigenvalue weighted by Crippen LogP contribution is 2.23. The SMILES string of the molecule is C[C@@H]1CCCC[C@H]1NC(=O)COC(=O)CNS(=O)(=O)c1ccc2ccccc2c1. The summed E-state index contributed by atoms with van der Waals surface area (Å²) in [6.45, 7) is 1.14. The molecule has 2 aromatic carbocycles. The van der Waals surface area contributed by atoms with Gasteiger partial charge in [0.2, 0.25) is 10.0 Å². The van der Waals surface area contributed by atoms with Gasteiger partial charge in [-0.1, -0.05) is 50.1 Å². The van der Waals surface area contributed by atoms with Gasteiger partial charge >= 0.3 is 5.97 Å². The van der Waals surface area contributed by atoms with Crippen LogP contribution in [0, 0.1) is 5.92 Å². The van der Waals surface area contributed by atoms with Crippen LogP contribution in [0.15, 0.2) is 47.4 Å². The number of esters is 1. The van der Waals surface area contributed by atoms with Crippen LogP contribution < -0.4 is 10.0 Å². The molecule has 1 aliphatic rings. The average molecular weight is 419 g/mol. The van der Waals surface area contributed by atoms with Gasteiger partial charge in [-0.05, 0) is 41.7 Å². The number of fused-ring (bicyclic) bond motifs is 1. The maximum atomic E-state index is 12.4. The van der Waals surface area contributed by atoms with Crippen LogP contribution >= 0.6 is 0 Å². The smallest absolute Gasteiger partial charge is 0.321 e. The minimum absolute atomic E-state index is 0.0630. The van der Waals surface area contributed by atoms with Gasteiger partial charge in [0.1, 0.15) is 6.54 Å². The Morgan fingerprint density at radius 3 is 2.55 bits per heavy atom. The summed E-state index contributed by atoms with van der Waals surface area (Å²) in [6.07, 6.45) is 4.24. The lowest BCUT2D eigenvalue weighted by Crippen LogP contribution is -2.43. The number of carbonyl (C=O) groups is 2. The normalized spacial score (nSPS) is 19.6. The predicted octanol–water partition coefficient (Wildman–Crippen LogP) is 2.36. The van der Waals surface area contributed by atoms with Crippen LogP contribution in [0.2, 0.25) is 0 Å². The molecule has 3 rings (SSSR count). The van der Waals surface area contributed by atoms with Crippen LogP contribution in [-0.2, 0) is 24.3 Å². The Morgan fingerprint density at radius 1 is 1.07 bits per heavy atom. The summed E-state index contributed by atoms with van der Waals surface area (Å²) in [7, 11) is -3.87. The molecule has 2 aromatic rings. The maximum absolute atomic E-state index is 12.4. The fraction of sp³-hybridized carbons (Fsp3) is 0.429. The van der Waals surface area contributed by atoms with Crippen molar-refractivity contribution in [2.45, 2.75) is 43.5 Å². The largest absolute Gasteiger partial charge is 0.455 e. The third kappa shape index (κ3) is 5.77. The molecule has 156 valence electrons. The van der Waals surface area contributed by atoms with Gasteiger partial charge in [0, 0.05) is 6.04 Å². The molecule has 0 unspecified atom stereocenters. The number of nitrogens with one attached hydrogen (secondary N) is 2. The van der Waals surface area contributed by atoms with Gasteiger partial charge in [0.05, 0.1) is 4.90 Å². The maximum Gasteiger partial charge on any atom is 0.321 e. The molecule has 0 spiro atoms. The lowest BCUT2D eigenvalue weighted by molar-refractivity contribution is -0.147. The number of rotatable bonds is 7. The second-order valence-electron chi connectivity index (χ2n) is 7.43. The zero-order valence-electron chi connectivity index (χ0n) is 16.4. The van der Waals surface area contributed by atoms with Crippen molar-refractivity contribution < 1.29 is 22.7 Å². The molecule has 0 bridgehead atoms. The number of carbonyl (C=O) groups excluding carboxylic acids is 2. The standard InChI is InChI=1S/C21H26N2O5S/c1-15-6-2-5-9-19(15)23-20(24)14-28-21(25)13-22-29(26,27)18-11-10-16-7-3-4-8-17(16)12-18/h3-4,7-8,10-12,15,19,22H,2,5-6,9,13-14H2,1H3,(H,23,24)/t15-,19-/m1/s1. The molecule has 2 atom stereocenters. The summed E-state index contributed by atoms with van der Waals surface area (Å²) in [5.41, 5.74) is 0. The fourth-order valence-corrected chi connectivity index (χ4v) is 4.55. The second-order valence-corrected chi connectivity index (χ2v) is 9.20. The summed E-state index contributed by atoms with van der Waals surface area (Å²) in [5, 5.41) is 4.59. The van der Waals surface area contributed by atoms with Crippen LogP contribution in [0.25, 0.3) is 10.8 Å². The van der Waals surface area contributed by atoms with E-state index in [9.17, 15) is 18.0 Å². The molecule has 0 aromatic heterocycles. The molecule has 2 N–H and O–H groups in total. The second kappa shape index (κ2) is 9.37. The van der Waals surface area contributed by atoms with Crippen molar-refractivity contribution in [3.8, 4) is 0 Å². The van der Waals surface area contributed by atoms with Gasteiger partial charge < -0.3 is 10.1 Å². The van der Waals surface area contributed by atoms with Crippen molar-refractivity contribution in [2.75, 3.05) is 13.2 Å².